The molecule has 1 aliphatic rings. The molecule has 1 aliphatic carbocycles. The average Bonchev–Trinajstić information content (AvgIpc) is 2.68. The first-order valence-electron chi connectivity index (χ1n) is 6.25. The topological polar surface area (TPSA) is 0 Å². The minimum atomic E-state index is -0.629. The number of hydrogen-bond acceptors (Lipinski definition) is 0. The number of aryl methyl sites for hydroxylation is 2. The van der Waals surface area contributed by atoms with Crippen LogP contribution in [-0.2, 0) is 22.3 Å². The van der Waals surface area contributed by atoms with Gasteiger partial charge in [0.05, 0.1) is 0 Å². The predicted octanol–water partition coefficient (Wildman–Crippen LogP) is 4.75. The predicted molar refractivity (Wildman–Crippen MR) is 92.8 cm³/mol. The molecular formula is C17H18Cl2Zr. The molecule has 2 aromatic rings. The summed E-state index contributed by atoms with van der Waals surface area (Å²) in [5, 5.41) is 2.84. The molecule has 0 bridgehead atoms. The Hall–Kier alpha value is -0.357. The summed E-state index contributed by atoms with van der Waals surface area (Å²) >= 11 is -0.629. The van der Waals surface area contributed by atoms with Crippen LogP contribution in [0.1, 0.15) is 29.2 Å². The van der Waals surface area contributed by atoms with Crippen molar-refractivity contribution in [2.75, 3.05) is 0 Å². The molecule has 0 atom stereocenters. The summed E-state index contributed by atoms with van der Waals surface area (Å²) in [6.45, 7) is 6.65. The van der Waals surface area contributed by atoms with Crippen LogP contribution in [0.2, 0.25) is 0 Å². The first-order valence-corrected chi connectivity index (χ1v) is 9.22. The molecule has 0 radical (unpaired) electrons. The van der Waals surface area contributed by atoms with E-state index < -0.39 is 22.3 Å². The first kappa shape index (κ1) is 17.7. The maximum atomic E-state index is 4.23. The molecule has 0 aliphatic heterocycles. The molecule has 0 unspecified atom stereocenters. The summed E-state index contributed by atoms with van der Waals surface area (Å²) in [4.78, 5) is 0. The van der Waals surface area contributed by atoms with E-state index in [2.05, 4.69) is 55.3 Å². The SMILES string of the molecule is Cl.Cl.[CH2]=[Zr]=[C]1C(C)=Cc2c1ccc1c(C)ccc(C)c21. The molecule has 20 heavy (non-hydrogen) atoms. The van der Waals surface area contributed by atoms with Crippen molar-refractivity contribution < 1.29 is 22.3 Å². The second-order valence-corrected chi connectivity index (χ2v) is 7.13. The number of benzene rings is 2. The third-order valence-electron chi connectivity index (χ3n) is 3.85. The van der Waals surface area contributed by atoms with Crippen LogP contribution in [-0.4, -0.2) is 7.42 Å². The Morgan fingerprint density at radius 2 is 1.55 bits per heavy atom. The second-order valence-electron chi connectivity index (χ2n) is 5.03. The summed E-state index contributed by atoms with van der Waals surface area (Å²) in [7, 11) is 0. The third kappa shape index (κ3) is 2.57. The zero-order chi connectivity index (χ0) is 12.9. The van der Waals surface area contributed by atoms with E-state index in [9.17, 15) is 0 Å². The Morgan fingerprint density at radius 3 is 2.20 bits per heavy atom. The van der Waals surface area contributed by atoms with Crippen LogP contribution < -0.4 is 0 Å². The summed E-state index contributed by atoms with van der Waals surface area (Å²) in [6.07, 6.45) is 2.37. The molecule has 0 saturated heterocycles. The van der Waals surface area contributed by atoms with E-state index in [4.69, 9.17) is 0 Å². The van der Waals surface area contributed by atoms with Gasteiger partial charge in [0.25, 0.3) is 0 Å². The molecule has 0 amide bonds. The molecule has 0 aromatic heterocycles. The van der Waals surface area contributed by atoms with Crippen molar-refractivity contribution in [1.82, 2.24) is 0 Å². The molecule has 0 N–H and O–H groups in total. The van der Waals surface area contributed by atoms with Crippen molar-refractivity contribution in [1.29, 1.82) is 0 Å². The summed E-state index contributed by atoms with van der Waals surface area (Å²) in [6, 6.07) is 9.05. The first-order chi connectivity index (χ1) is 8.63. The van der Waals surface area contributed by atoms with Crippen molar-refractivity contribution in [2.24, 2.45) is 0 Å². The van der Waals surface area contributed by atoms with Gasteiger partial charge < -0.3 is 0 Å². The fraction of sp³-hybridized carbons (Fsp3) is 0.176. The molecule has 0 saturated carbocycles. The Kier molecular flexibility index (Phi) is 5.84. The fourth-order valence-corrected chi connectivity index (χ4v) is 4.77. The zero-order valence-corrected chi connectivity index (χ0v) is 16.0. The Balaban J connectivity index is 0.000001000. The van der Waals surface area contributed by atoms with Gasteiger partial charge in [0.1, 0.15) is 0 Å². The maximum absolute atomic E-state index is 4.23. The van der Waals surface area contributed by atoms with E-state index in [1.165, 1.54) is 38.6 Å². The number of rotatable bonds is 0. The third-order valence-corrected chi connectivity index (χ3v) is 6.35. The van der Waals surface area contributed by atoms with Crippen LogP contribution in [0.15, 0.2) is 29.8 Å². The molecule has 0 nitrogen and oxygen atoms in total. The molecule has 2 aromatic carbocycles. The number of hydrogen-bond donors (Lipinski definition) is 0. The Labute approximate surface area is 143 Å². The van der Waals surface area contributed by atoms with Crippen molar-refractivity contribution in [2.45, 2.75) is 20.8 Å². The van der Waals surface area contributed by atoms with Crippen LogP contribution in [0.4, 0.5) is 0 Å². The van der Waals surface area contributed by atoms with Gasteiger partial charge in [-0.2, -0.15) is 0 Å². The van der Waals surface area contributed by atoms with E-state index in [0.29, 0.717) is 0 Å². The van der Waals surface area contributed by atoms with Gasteiger partial charge in [-0.25, -0.2) is 0 Å². The van der Waals surface area contributed by atoms with Gasteiger partial charge in [-0.1, -0.05) is 0 Å². The Morgan fingerprint density at radius 1 is 0.900 bits per heavy atom. The van der Waals surface area contributed by atoms with Gasteiger partial charge in [0.15, 0.2) is 0 Å². The fourth-order valence-electron chi connectivity index (χ4n) is 2.90. The molecule has 3 heteroatoms. The molecule has 0 spiro atoms. The minimum absolute atomic E-state index is 0. The monoisotopic (exact) mass is 382 g/mol. The van der Waals surface area contributed by atoms with Crippen molar-refractivity contribution >= 4 is 49.1 Å². The van der Waals surface area contributed by atoms with E-state index in [-0.39, 0.29) is 24.8 Å². The molecule has 0 fully saturated rings. The van der Waals surface area contributed by atoms with E-state index >= 15 is 0 Å². The second kappa shape index (κ2) is 6.60. The van der Waals surface area contributed by atoms with E-state index in [1.54, 1.807) is 3.21 Å². The summed E-state index contributed by atoms with van der Waals surface area (Å²) in [5.74, 6) is 0. The van der Waals surface area contributed by atoms with Crippen LogP contribution in [0.3, 0.4) is 0 Å². The van der Waals surface area contributed by atoms with Crippen LogP contribution in [0.5, 0.6) is 0 Å². The standard InChI is InChI=1S/C16H14.CH2.2ClH.Zr/c1-10-8-13-6-7-14-11(2)4-5-12(3)16(14)15(13)9-10;;;;/h4-7,9H,1-3H3;1H2;2*1H;. The molecule has 0 heterocycles. The number of allylic oxidation sites excluding steroid dienone is 1. The van der Waals surface area contributed by atoms with Crippen LogP contribution in [0.25, 0.3) is 16.8 Å². The molecular weight excluding hydrogens is 366 g/mol. The zero-order valence-electron chi connectivity index (χ0n) is 11.9. The van der Waals surface area contributed by atoms with Crippen molar-refractivity contribution in [3.63, 3.8) is 0 Å². The van der Waals surface area contributed by atoms with Gasteiger partial charge in [0.2, 0.25) is 0 Å². The summed E-state index contributed by atoms with van der Waals surface area (Å²) < 4.78 is 5.80. The van der Waals surface area contributed by atoms with Gasteiger partial charge in [0, 0.05) is 0 Å². The Bertz CT molecular complexity index is 766. The van der Waals surface area contributed by atoms with Gasteiger partial charge in [-0.15, -0.1) is 24.8 Å². The van der Waals surface area contributed by atoms with Crippen LogP contribution >= 0.6 is 24.8 Å². The van der Waals surface area contributed by atoms with E-state index in [0.717, 1.165) is 0 Å². The normalized spacial score (nSPS) is 12.2. The summed E-state index contributed by atoms with van der Waals surface area (Å²) in [5.41, 5.74) is 7.08. The average molecular weight is 384 g/mol. The van der Waals surface area contributed by atoms with E-state index in [1.807, 2.05) is 0 Å². The van der Waals surface area contributed by atoms with Gasteiger partial charge >= 0.3 is 119 Å². The van der Waals surface area contributed by atoms with Crippen LogP contribution in [0, 0.1) is 13.8 Å². The van der Waals surface area contributed by atoms with Gasteiger partial charge in [-0.3, -0.25) is 0 Å². The van der Waals surface area contributed by atoms with Crippen molar-refractivity contribution in [3.05, 3.63) is 52.1 Å². The molecule has 3 rings (SSSR count). The van der Waals surface area contributed by atoms with Gasteiger partial charge in [-0.05, 0) is 0 Å². The molecule has 104 valence electrons. The number of fused-ring (bicyclic) bond motifs is 3. The van der Waals surface area contributed by atoms with Crippen molar-refractivity contribution in [3.8, 4) is 0 Å². The number of halogens is 2. The quantitative estimate of drug-likeness (QED) is 0.615.